The van der Waals surface area contributed by atoms with Crippen LogP contribution in [0.4, 0.5) is 0 Å². The van der Waals surface area contributed by atoms with E-state index in [1.165, 1.54) is 11.1 Å². The van der Waals surface area contributed by atoms with Crippen LogP contribution in [-0.4, -0.2) is 9.97 Å². The average Bonchev–Trinajstić information content (AvgIpc) is 2.81. The van der Waals surface area contributed by atoms with Crippen LogP contribution in [0.1, 0.15) is 47.1 Å². The number of fused-ring (bicyclic) bond motifs is 1. The van der Waals surface area contributed by atoms with Crippen LogP contribution >= 0.6 is 0 Å². The van der Waals surface area contributed by atoms with Crippen molar-refractivity contribution in [3.63, 3.8) is 0 Å². The van der Waals surface area contributed by atoms with Crippen molar-refractivity contribution >= 4 is 0 Å². The number of nitrogens with zero attached hydrogens (tertiary/aromatic N) is 2. The molecule has 3 rings (SSSR count). The van der Waals surface area contributed by atoms with E-state index in [1.54, 1.807) is 0 Å². The Labute approximate surface area is 113 Å². The molecule has 2 aromatic rings. The maximum atomic E-state index is 5.91. The lowest BCUT2D eigenvalue weighted by Crippen LogP contribution is -2.12. The van der Waals surface area contributed by atoms with Gasteiger partial charge in [-0.2, -0.15) is 0 Å². The minimum atomic E-state index is -0.00479. The van der Waals surface area contributed by atoms with Gasteiger partial charge in [0.2, 0.25) is 0 Å². The zero-order chi connectivity index (χ0) is 13.4. The minimum absolute atomic E-state index is 0.00479. The molecule has 0 saturated carbocycles. The molecule has 3 nitrogen and oxygen atoms in total. The fourth-order valence-corrected chi connectivity index (χ4v) is 2.88. The second-order valence-corrected chi connectivity index (χ2v) is 5.43. The summed E-state index contributed by atoms with van der Waals surface area (Å²) in [5.74, 6) is 1.37. The van der Waals surface area contributed by atoms with Gasteiger partial charge in [0.05, 0.1) is 0 Å². The summed E-state index contributed by atoms with van der Waals surface area (Å²) in [4.78, 5) is 9.20. The highest BCUT2D eigenvalue weighted by Crippen LogP contribution is 2.32. The third-order valence-corrected chi connectivity index (χ3v) is 3.94. The van der Waals surface area contributed by atoms with Crippen molar-refractivity contribution in [3.05, 3.63) is 58.7 Å². The van der Waals surface area contributed by atoms with Gasteiger partial charge in [0.25, 0.3) is 0 Å². The molecule has 1 atom stereocenters. The monoisotopic (exact) mass is 253 g/mol. The second kappa shape index (κ2) is 4.74. The van der Waals surface area contributed by atoms with Gasteiger partial charge in [-0.1, -0.05) is 24.3 Å². The third-order valence-electron chi connectivity index (χ3n) is 3.94. The molecule has 3 heteroatoms. The zero-order valence-electron chi connectivity index (χ0n) is 11.4. The van der Waals surface area contributed by atoms with E-state index >= 15 is 0 Å². The van der Waals surface area contributed by atoms with Gasteiger partial charge < -0.3 is 5.73 Å². The van der Waals surface area contributed by atoms with Gasteiger partial charge in [0, 0.05) is 29.4 Å². The predicted octanol–water partition coefficient (Wildman–Crippen LogP) is 2.69. The normalized spacial score (nSPS) is 16.4. The number of hydrogen-bond donors (Lipinski definition) is 1. The third kappa shape index (κ3) is 2.26. The van der Waals surface area contributed by atoms with Crippen molar-refractivity contribution in [1.29, 1.82) is 0 Å². The Bertz CT molecular complexity index is 580. The minimum Gasteiger partial charge on any atom is -0.324 e. The van der Waals surface area contributed by atoms with Crippen LogP contribution < -0.4 is 5.73 Å². The Morgan fingerprint density at radius 2 is 1.84 bits per heavy atom. The van der Waals surface area contributed by atoms with Gasteiger partial charge in [0.15, 0.2) is 0 Å². The number of benzene rings is 1. The summed E-state index contributed by atoms with van der Waals surface area (Å²) in [5, 5.41) is 0. The van der Waals surface area contributed by atoms with Gasteiger partial charge in [-0.15, -0.1) is 0 Å². The first-order chi connectivity index (χ1) is 9.15. The number of rotatable bonds is 2. The highest BCUT2D eigenvalue weighted by atomic mass is 14.9. The Kier molecular flexibility index (Phi) is 3.07. The van der Waals surface area contributed by atoms with E-state index in [2.05, 4.69) is 34.2 Å². The summed E-state index contributed by atoms with van der Waals surface area (Å²) < 4.78 is 0. The maximum absolute atomic E-state index is 5.91. The first kappa shape index (κ1) is 12.3. The molecule has 0 bridgehead atoms. The number of aryl methyl sites for hydroxylation is 1. The van der Waals surface area contributed by atoms with Crippen molar-refractivity contribution in [3.8, 4) is 0 Å². The largest absolute Gasteiger partial charge is 0.324 e. The molecule has 2 N–H and O–H groups in total. The smallest absolute Gasteiger partial charge is 0.132 e. The summed E-state index contributed by atoms with van der Waals surface area (Å²) in [6.07, 6.45) is 3.99. The van der Waals surface area contributed by atoms with E-state index in [1.807, 2.05) is 20.0 Å². The van der Waals surface area contributed by atoms with Crippen LogP contribution in [0.25, 0.3) is 0 Å². The molecule has 19 heavy (non-hydrogen) atoms. The molecule has 98 valence electrons. The summed E-state index contributed by atoms with van der Waals surface area (Å²) in [6, 6.07) is 8.62. The lowest BCUT2D eigenvalue weighted by Gasteiger charge is -2.12. The van der Waals surface area contributed by atoms with Crippen LogP contribution in [0.5, 0.6) is 0 Å². The van der Waals surface area contributed by atoms with Crippen LogP contribution in [0.2, 0.25) is 0 Å². The van der Waals surface area contributed by atoms with Crippen LogP contribution in [0.3, 0.4) is 0 Å². The highest BCUT2D eigenvalue weighted by Gasteiger charge is 2.25. The summed E-state index contributed by atoms with van der Waals surface area (Å²) >= 11 is 0. The zero-order valence-corrected chi connectivity index (χ0v) is 11.4. The van der Waals surface area contributed by atoms with Crippen molar-refractivity contribution in [1.82, 2.24) is 9.97 Å². The van der Waals surface area contributed by atoms with E-state index in [9.17, 15) is 0 Å². The molecule has 1 aromatic carbocycles. The molecule has 0 amide bonds. The Balaban J connectivity index is 1.88. The Hall–Kier alpha value is -1.74. The van der Waals surface area contributed by atoms with Gasteiger partial charge >= 0.3 is 0 Å². The molecule has 0 spiro atoms. The highest BCUT2D eigenvalue weighted by molar-refractivity contribution is 5.35. The van der Waals surface area contributed by atoms with Gasteiger partial charge in [-0.3, -0.25) is 0 Å². The van der Waals surface area contributed by atoms with E-state index in [0.29, 0.717) is 5.92 Å². The van der Waals surface area contributed by atoms with Crippen molar-refractivity contribution in [2.24, 2.45) is 5.73 Å². The molecule has 1 unspecified atom stereocenters. The number of hydrogen-bond acceptors (Lipinski definition) is 3. The van der Waals surface area contributed by atoms with Gasteiger partial charge in [-0.25, -0.2) is 9.97 Å². The Morgan fingerprint density at radius 1 is 1.21 bits per heavy atom. The molecule has 0 saturated heterocycles. The molecule has 0 radical (unpaired) electrons. The summed E-state index contributed by atoms with van der Waals surface area (Å²) in [6.45, 7) is 3.99. The van der Waals surface area contributed by atoms with E-state index in [0.717, 1.165) is 29.9 Å². The van der Waals surface area contributed by atoms with Gasteiger partial charge in [0.1, 0.15) is 5.82 Å². The van der Waals surface area contributed by atoms with Crippen LogP contribution in [-0.2, 0) is 12.8 Å². The van der Waals surface area contributed by atoms with Crippen LogP contribution in [0.15, 0.2) is 30.5 Å². The summed E-state index contributed by atoms with van der Waals surface area (Å²) in [7, 11) is 0. The number of nitrogens with two attached hydrogens (primary N) is 1. The van der Waals surface area contributed by atoms with Gasteiger partial charge in [-0.05, 0) is 37.8 Å². The van der Waals surface area contributed by atoms with Crippen molar-refractivity contribution < 1.29 is 0 Å². The van der Waals surface area contributed by atoms with E-state index in [-0.39, 0.29) is 6.04 Å². The average molecular weight is 253 g/mol. The van der Waals surface area contributed by atoms with Crippen molar-refractivity contribution in [2.45, 2.75) is 38.6 Å². The standard InChI is InChI=1S/C16H19N3/c1-10(17)15-9-18-16(19-11(15)2)14-7-12-5-3-4-6-13(12)8-14/h3-6,9-10,14H,7-8,17H2,1-2H3. The first-order valence-electron chi connectivity index (χ1n) is 6.81. The lowest BCUT2D eigenvalue weighted by molar-refractivity contribution is 0.667. The molecular weight excluding hydrogens is 234 g/mol. The lowest BCUT2D eigenvalue weighted by atomic mass is 10.0. The van der Waals surface area contributed by atoms with Crippen LogP contribution in [0, 0.1) is 6.92 Å². The fraction of sp³-hybridized carbons (Fsp3) is 0.375. The second-order valence-electron chi connectivity index (χ2n) is 5.43. The van der Waals surface area contributed by atoms with Crippen molar-refractivity contribution in [2.75, 3.05) is 0 Å². The fourth-order valence-electron chi connectivity index (χ4n) is 2.88. The molecular formula is C16H19N3. The molecule has 1 heterocycles. The number of aromatic nitrogens is 2. The molecule has 1 aromatic heterocycles. The quantitative estimate of drug-likeness (QED) is 0.895. The maximum Gasteiger partial charge on any atom is 0.132 e. The molecule has 0 fully saturated rings. The molecule has 1 aliphatic rings. The SMILES string of the molecule is Cc1nc(C2Cc3ccccc3C2)ncc1C(C)N. The van der Waals surface area contributed by atoms with E-state index < -0.39 is 0 Å². The molecule has 0 aliphatic heterocycles. The summed E-state index contributed by atoms with van der Waals surface area (Å²) in [5.41, 5.74) is 10.8. The van der Waals surface area contributed by atoms with E-state index in [4.69, 9.17) is 5.73 Å². The topological polar surface area (TPSA) is 51.8 Å². The molecule has 1 aliphatic carbocycles. The first-order valence-corrected chi connectivity index (χ1v) is 6.81. The Morgan fingerprint density at radius 3 is 2.37 bits per heavy atom. The predicted molar refractivity (Wildman–Crippen MR) is 76.0 cm³/mol.